The molecule has 3 aliphatic rings. The van der Waals surface area contributed by atoms with Crippen LogP contribution in [0, 0.1) is 31.6 Å². The van der Waals surface area contributed by atoms with Crippen molar-refractivity contribution in [2.24, 2.45) is 17.8 Å². The van der Waals surface area contributed by atoms with Gasteiger partial charge in [0.2, 0.25) is 5.91 Å². The van der Waals surface area contributed by atoms with E-state index in [2.05, 4.69) is 30.2 Å². The summed E-state index contributed by atoms with van der Waals surface area (Å²) in [4.78, 5) is 27.2. The number of aryl methyl sites for hydroxylation is 1. The van der Waals surface area contributed by atoms with E-state index in [4.69, 9.17) is 4.52 Å². The van der Waals surface area contributed by atoms with Crippen LogP contribution in [-0.4, -0.2) is 49.1 Å². The van der Waals surface area contributed by atoms with Gasteiger partial charge >= 0.3 is 7.82 Å². The molecule has 0 bridgehead atoms. The Bertz CT molecular complexity index is 1510. The molecule has 3 fully saturated rings. The molecule has 0 unspecified atom stereocenters. The monoisotopic (exact) mass is 598 g/mol. The molecule has 1 saturated heterocycles. The van der Waals surface area contributed by atoms with Gasteiger partial charge in [-0.3, -0.25) is 18.8 Å². The lowest BCUT2D eigenvalue weighted by atomic mass is 9.88. The lowest BCUT2D eigenvalue weighted by Gasteiger charge is -2.28. The molecule has 1 aromatic carbocycles. The topological polar surface area (TPSA) is 165 Å². The molecule has 0 radical (unpaired) electrons. The van der Waals surface area contributed by atoms with Crippen LogP contribution < -0.4 is 10.6 Å². The van der Waals surface area contributed by atoms with Crippen molar-refractivity contribution < 1.29 is 33.1 Å². The van der Waals surface area contributed by atoms with E-state index in [1.807, 2.05) is 38.1 Å². The second-order valence-corrected chi connectivity index (χ2v) is 12.8. The fourth-order valence-corrected chi connectivity index (χ4v) is 6.30. The van der Waals surface area contributed by atoms with E-state index in [0.717, 1.165) is 48.2 Å². The lowest BCUT2D eigenvalue weighted by molar-refractivity contribution is -0.119. The largest absolute Gasteiger partial charge is 0.532 e. The summed E-state index contributed by atoms with van der Waals surface area (Å²) < 4.78 is 28.6. The summed E-state index contributed by atoms with van der Waals surface area (Å²) >= 11 is 0. The molecule has 2 aromatic heterocycles. The number of aliphatic hydroxyl groups excluding tert-OH is 1. The molecule has 3 N–H and O–H groups in total. The maximum Gasteiger partial charge on any atom is 0.532 e. The molecule has 3 heterocycles. The summed E-state index contributed by atoms with van der Waals surface area (Å²) in [6, 6.07) is 7.98. The molecule has 2 amide bonds. The molecule has 14 heteroatoms. The summed E-state index contributed by atoms with van der Waals surface area (Å²) in [7, 11) is -3.39. The standard InChI is InChI=1S/C28H35N6O7P/c1-16(14-35)34-23(12-13-29-34)27(36)31-26(25(20-4-5-20)21-6-7-21)28(37)30-22-10-8-19(9-11-22)24-17(2)32-33(18(24)3)15-39-42(38)40-41-42/h8-13,16,20-21,25-26,35H,4-7,14-15H2,1-3H3,(H,30,37)(H,31,36)/t16-,26-/m0/s1. The normalized spacial score (nSPS) is 19.0. The summed E-state index contributed by atoms with van der Waals surface area (Å²) in [6.07, 6.45) is 5.76. The second-order valence-electron chi connectivity index (χ2n) is 11.4. The van der Waals surface area contributed by atoms with Gasteiger partial charge in [0.25, 0.3) is 5.91 Å². The van der Waals surface area contributed by atoms with Gasteiger partial charge in [0.1, 0.15) is 11.7 Å². The Balaban J connectivity index is 1.18. The molecule has 42 heavy (non-hydrogen) atoms. The highest BCUT2D eigenvalue weighted by Gasteiger charge is 2.48. The lowest BCUT2D eigenvalue weighted by Crippen LogP contribution is -2.50. The van der Waals surface area contributed by atoms with Crippen LogP contribution >= 0.6 is 7.82 Å². The molecular weight excluding hydrogens is 563 g/mol. The fourth-order valence-electron chi connectivity index (χ4n) is 5.74. The zero-order chi connectivity index (χ0) is 29.6. The molecule has 2 atom stereocenters. The van der Waals surface area contributed by atoms with E-state index in [-0.39, 0.29) is 37.1 Å². The zero-order valence-corrected chi connectivity index (χ0v) is 24.6. The molecule has 13 nitrogen and oxygen atoms in total. The molecule has 2 saturated carbocycles. The van der Waals surface area contributed by atoms with Gasteiger partial charge in [-0.25, -0.2) is 9.25 Å². The van der Waals surface area contributed by atoms with Crippen molar-refractivity contribution in [1.29, 1.82) is 0 Å². The minimum absolute atomic E-state index is 0.0698. The van der Waals surface area contributed by atoms with Gasteiger partial charge in [0.15, 0.2) is 6.73 Å². The van der Waals surface area contributed by atoms with Crippen molar-refractivity contribution in [3.63, 3.8) is 0 Å². The number of rotatable bonds is 13. The number of carbonyl (C=O) groups is 2. The first-order chi connectivity index (χ1) is 20.2. The second kappa shape index (κ2) is 11.4. The Morgan fingerprint density at radius 1 is 1.12 bits per heavy atom. The average molecular weight is 599 g/mol. The molecule has 1 aliphatic heterocycles. The van der Waals surface area contributed by atoms with Gasteiger partial charge in [-0.1, -0.05) is 12.1 Å². The third kappa shape index (κ3) is 6.06. The Labute approximate surface area is 243 Å². The van der Waals surface area contributed by atoms with Crippen LogP contribution in [-0.2, 0) is 30.0 Å². The first-order valence-corrected chi connectivity index (χ1v) is 15.7. The minimum Gasteiger partial charge on any atom is -0.394 e. The summed E-state index contributed by atoms with van der Waals surface area (Å²) in [5.74, 6) is 0.269. The van der Waals surface area contributed by atoms with Crippen LogP contribution in [0.4, 0.5) is 5.69 Å². The highest BCUT2D eigenvalue weighted by molar-refractivity contribution is 7.52. The Hall–Kier alpha value is -3.35. The molecule has 3 aromatic rings. The number of nitrogens with one attached hydrogen (secondary N) is 2. The number of aromatic nitrogens is 4. The van der Waals surface area contributed by atoms with Crippen molar-refractivity contribution in [3.8, 4) is 11.1 Å². The fraction of sp³-hybridized carbons (Fsp3) is 0.500. The van der Waals surface area contributed by atoms with Gasteiger partial charge in [-0.2, -0.15) is 10.2 Å². The number of phosphoric acid groups is 1. The van der Waals surface area contributed by atoms with E-state index in [1.165, 1.54) is 10.9 Å². The van der Waals surface area contributed by atoms with Crippen LogP contribution in [0.3, 0.4) is 0 Å². The highest BCUT2D eigenvalue weighted by Crippen LogP contribution is 2.65. The minimum atomic E-state index is -3.39. The van der Waals surface area contributed by atoms with Gasteiger partial charge in [-0.15, -0.1) is 9.35 Å². The van der Waals surface area contributed by atoms with Crippen molar-refractivity contribution in [2.45, 2.75) is 65.3 Å². The van der Waals surface area contributed by atoms with Gasteiger partial charge in [-0.05, 0) is 88.0 Å². The van der Waals surface area contributed by atoms with Gasteiger partial charge in [0, 0.05) is 23.1 Å². The predicted molar refractivity (Wildman–Crippen MR) is 151 cm³/mol. The van der Waals surface area contributed by atoms with E-state index < -0.39 is 13.9 Å². The van der Waals surface area contributed by atoms with Crippen molar-refractivity contribution >= 4 is 25.3 Å². The number of amides is 2. The summed E-state index contributed by atoms with van der Waals surface area (Å²) in [6.45, 7) is 5.30. The maximum absolute atomic E-state index is 13.8. The smallest absolute Gasteiger partial charge is 0.394 e. The van der Waals surface area contributed by atoms with Crippen LogP contribution in [0.25, 0.3) is 11.1 Å². The number of hydrogen-bond donors (Lipinski definition) is 3. The first kappa shape index (κ1) is 28.8. The highest BCUT2D eigenvalue weighted by atomic mass is 31.2. The van der Waals surface area contributed by atoms with Crippen LogP contribution in [0.2, 0.25) is 0 Å². The maximum atomic E-state index is 13.8. The predicted octanol–water partition coefficient (Wildman–Crippen LogP) is 4.13. The van der Waals surface area contributed by atoms with E-state index >= 15 is 0 Å². The van der Waals surface area contributed by atoms with Gasteiger partial charge in [0.05, 0.1) is 18.3 Å². The molecule has 2 aliphatic carbocycles. The molecule has 6 rings (SSSR count). The number of nitrogens with zero attached hydrogens (tertiary/aromatic N) is 4. The van der Waals surface area contributed by atoms with E-state index in [1.54, 1.807) is 17.7 Å². The number of aliphatic hydroxyl groups is 1. The molecule has 224 valence electrons. The molecule has 0 spiro atoms. The number of carbonyl (C=O) groups excluding carboxylic acids is 2. The Morgan fingerprint density at radius 3 is 2.38 bits per heavy atom. The van der Waals surface area contributed by atoms with Crippen LogP contribution in [0.1, 0.15) is 60.5 Å². The SMILES string of the molecule is Cc1nn(COP2(=O)OO2)c(C)c1-c1ccc(NC(=O)[C@@H](NC(=O)c2ccnn2[C@@H](C)CO)C(C2CC2)C2CC2)cc1. The zero-order valence-electron chi connectivity index (χ0n) is 23.7. The third-order valence-electron chi connectivity index (χ3n) is 8.23. The summed E-state index contributed by atoms with van der Waals surface area (Å²) in [5, 5.41) is 24.3. The quantitative estimate of drug-likeness (QED) is 0.149. The van der Waals surface area contributed by atoms with E-state index in [9.17, 15) is 19.3 Å². The number of hydrogen-bond acceptors (Lipinski definition) is 9. The first-order valence-electron chi connectivity index (χ1n) is 14.2. The van der Waals surface area contributed by atoms with Crippen molar-refractivity contribution in [1.82, 2.24) is 24.9 Å². The summed E-state index contributed by atoms with van der Waals surface area (Å²) in [5.41, 5.74) is 4.29. The van der Waals surface area contributed by atoms with Crippen molar-refractivity contribution in [3.05, 3.63) is 53.6 Å². The molecular formula is C28H35N6O7P. The van der Waals surface area contributed by atoms with E-state index in [0.29, 0.717) is 23.2 Å². The van der Waals surface area contributed by atoms with Crippen LogP contribution in [0.5, 0.6) is 0 Å². The Kier molecular flexibility index (Phi) is 7.79. The third-order valence-corrected chi connectivity index (χ3v) is 9.05. The van der Waals surface area contributed by atoms with Gasteiger partial charge < -0.3 is 15.7 Å². The number of anilines is 1. The van der Waals surface area contributed by atoms with Crippen molar-refractivity contribution in [2.75, 3.05) is 11.9 Å². The Morgan fingerprint density at radius 2 is 1.79 bits per heavy atom. The van der Waals surface area contributed by atoms with Crippen LogP contribution in [0.15, 0.2) is 36.5 Å². The number of benzene rings is 1. The average Bonchev–Trinajstić information content (AvgIpc) is 3.92.